The highest BCUT2D eigenvalue weighted by atomic mass is 16.3. The van der Waals surface area contributed by atoms with E-state index < -0.39 is 0 Å². The summed E-state index contributed by atoms with van der Waals surface area (Å²) >= 11 is 0. The molecule has 0 bridgehead atoms. The normalized spacial score (nSPS) is 13.5. The number of benzene rings is 2. The number of carbonyl (C=O) groups is 2. The summed E-state index contributed by atoms with van der Waals surface area (Å²) in [7, 11) is 0. The average molecular weight is 385 g/mol. The third-order valence-electron chi connectivity index (χ3n) is 5.85. The number of hydrogen-bond donors (Lipinski definition) is 2. The van der Waals surface area contributed by atoms with Crippen LogP contribution in [-0.4, -0.2) is 21.8 Å². The van der Waals surface area contributed by atoms with Crippen LogP contribution in [-0.2, 0) is 16.0 Å². The van der Waals surface area contributed by atoms with E-state index in [9.17, 15) is 19.8 Å². The zero-order valence-corrected chi connectivity index (χ0v) is 17.6. The van der Waals surface area contributed by atoms with Crippen LogP contribution in [0.4, 0.5) is 0 Å². The second kappa shape index (κ2) is 9.22. The molecule has 2 unspecified atom stereocenters. The van der Waals surface area contributed by atoms with Crippen LogP contribution in [0, 0.1) is 25.7 Å². The summed E-state index contributed by atoms with van der Waals surface area (Å²) in [5.74, 6) is -0.00891. The van der Waals surface area contributed by atoms with Gasteiger partial charge in [-0.1, -0.05) is 32.4 Å². The number of hydrogen-bond acceptors (Lipinski definition) is 4. The van der Waals surface area contributed by atoms with Gasteiger partial charge in [0.15, 0.2) is 0 Å². The Kier molecular flexibility index (Phi) is 7.22. The highest BCUT2D eigenvalue weighted by Crippen LogP contribution is 2.40. The molecule has 28 heavy (non-hydrogen) atoms. The van der Waals surface area contributed by atoms with E-state index in [-0.39, 0.29) is 41.3 Å². The lowest BCUT2D eigenvalue weighted by molar-refractivity contribution is -0.129. The Morgan fingerprint density at radius 3 is 2.36 bits per heavy atom. The van der Waals surface area contributed by atoms with Gasteiger partial charge in [0.25, 0.3) is 0 Å². The summed E-state index contributed by atoms with van der Waals surface area (Å²) in [6.07, 6.45) is 2.86. The number of fused-ring (bicyclic) bond motifs is 1. The number of phenolic OH excluding ortho intramolecular Hbond substituents is 2. The van der Waals surface area contributed by atoms with Crippen molar-refractivity contribution in [1.82, 2.24) is 0 Å². The fraction of sp³-hybridized carbons (Fsp3) is 0.500. The third kappa shape index (κ3) is 4.54. The van der Waals surface area contributed by atoms with Crippen LogP contribution in [0.1, 0.15) is 63.1 Å². The second-order valence-electron chi connectivity index (χ2n) is 7.95. The molecule has 0 aliphatic carbocycles. The largest absolute Gasteiger partial charge is 0.507 e. The van der Waals surface area contributed by atoms with Gasteiger partial charge in [0, 0.05) is 16.7 Å². The monoisotopic (exact) mass is 384 g/mol. The first-order valence-electron chi connectivity index (χ1n) is 10.2. The Balaban J connectivity index is 2.46. The molecule has 2 rings (SSSR count). The van der Waals surface area contributed by atoms with Crippen molar-refractivity contribution < 1.29 is 19.8 Å². The maximum Gasteiger partial charge on any atom is 0.143 e. The molecule has 4 nitrogen and oxygen atoms in total. The van der Waals surface area contributed by atoms with Gasteiger partial charge in [-0.15, -0.1) is 0 Å². The number of rotatable bonds is 9. The number of ketones is 2. The first-order chi connectivity index (χ1) is 13.2. The predicted molar refractivity (Wildman–Crippen MR) is 113 cm³/mol. The fourth-order valence-corrected chi connectivity index (χ4v) is 4.28. The zero-order valence-electron chi connectivity index (χ0n) is 17.6. The Hall–Kier alpha value is -2.36. The van der Waals surface area contributed by atoms with Crippen molar-refractivity contribution >= 4 is 22.3 Å². The van der Waals surface area contributed by atoms with Gasteiger partial charge in [0.1, 0.15) is 23.1 Å². The van der Waals surface area contributed by atoms with Crippen molar-refractivity contribution in [3.8, 4) is 11.5 Å². The molecule has 2 aromatic carbocycles. The van der Waals surface area contributed by atoms with E-state index in [2.05, 4.69) is 6.92 Å². The third-order valence-corrected chi connectivity index (χ3v) is 5.85. The quantitative estimate of drug-likeness (QED) is 0.448. The summed E-state index contributed by atoms with van der Waals surface area (Å²) in [5, 5.41) is 22.8. The van der Waals surface area contributed by atoms with Gasteiger partial charge in [-0.2, -0.15) is 0 Å². The summed E-state index contributed by atoms with van der Waals surface area (Å²) in [6, 6.07) is 5.41. The summed E-state index contributed by atoms with van der Waals surface area (Å²) in [6.45, 7) is 9.39. The van der Waals surface area contributed by atoms with Crippen molar-refractivity contribution in [2.45, 2.75) is 66.7 Å². The highest BCUT2D eigenvalue weighted by molar-refractivity contribution is 5.99. The van der Waals surface area contributed by atoms with Gasteiger partial charge < -0.3 is 10.2 Å². The van der Waals surface area contributed by atoms with Crippen LogP contribution < -0.4 is 0 Å². The minimum absolute atomic E-state index is 0.0237. The first-order valence-corrected chi connectivity index (χ1v) is 10.2. The summed E-state index contributed by atoms with van der Waals surface area (Å²) in [5.41, 5.74) is 2.66. The molecule has 2 atom stereocenters. The van der Waals surface area contributed by atoms with E-state index in [4.69, 9.17) is 0 Å². The number of Topliss-reactive ketones (excluding diaryl/α,β-unsaturated/α-hetero) is 2. The fourth-order valence-electron chi connectivity index (χ4n) is 4.28. The van der Waals surface area contributed by atoms with Crippen molar-refractivity contribution in [2.75, 3.05) is 0 Å². The maximum absolute atomic E-state index is 12.6. The molecule has 0 radical (unpaired) electrons. The molecule has 0 aliphatic rings. The van der Waals surface area contributed by atoms with Crippen molar-refractivity contribution in [2.24, 2.45) is 11.8 Å². The smallest absolute Gasteiger partial charge is 0.143 e. The highest BCUT2D eigenvalue weighted by Gasteiger charge is 2.28. The standard InChI is InChI=1S/C24H32O4/c1-6-8-17(19(7-2)21(26)11-15(4)25)12-18-13-22(27)23-16(5)14(3)9-10-20(23)24(18)28/h9-10,13,17,19,27-28H,6-8,11-12H2,1-5H3. The molecule has 0 aliphatic heterocycles. The van der Waals surface area contributed by atoms with Crippen LogP contribution in [0.5, 0.6) is 11.5 Å². The maximum atomic E-state index is 12.6. The molecule has 2 N–H and O–H groups in total. The summed E-state index contributed by atoms with van der Waals surface area (Å²) in [4.78, 5) is 24.0. The molecule has 0 saturated carbocycles. The van der Waals surface area contributed by atoms with Crippen molar-refractivity contribution in [3.63, 3.8) is 0 Å². The molecule has 0 saturated heterocycles. The van der Waals surface area contributed by atoms with Gasteiger partial charge in [-0.25, -0.2) is 0 Å². The van der Waals surface area contributed by atoms with Gasteiger partial charge in [-0.05, 0) is 68.7 Å². The van der Waals surface area contributed by atoms with Crippen LogP contribution >= 0.6 is 0 Å². The van der Waals surface area contributed by atoms with Crippen LogP contribution in [0.2, 0.25) is 0 Å². The molecule has 4 heteroatoms. The number of aryl methyl sites for hydroxylation is 2. The topological polar surface area (TPSA) is 74.6 Å². The molecule has 2 aromatic rings. The van der Waals surface area contributed by atoms with Crippen LogP contribution in [0.3, 0.4) is 0 Å². The van der Waals surface area contributed by atoms with E-state index in [0.29, 0.717) is 29.2 Å². The number of aromatic hydroxyl groups is 2. The molecule has 0 amide bonds. The SMILES string of the molecule is CCCC(Cc1cc(O)c2c(C)c(C)ccc2c1O)C(CC)C(=O)CC(C)=O. The average Bonchev–Trinajstić information content (AvgIpc) is 2.61. The van der Waals surface area contributed by atoms with E-state index in [1.54, 1.807) is 6.07 Å². The van der Waals surface area contributed by atoms with E-state index >= 15 is 0 Å². The molecule has 0 spiro atoms. The van der Waals surface area contributed by atoms with Crippen LogP contribution in [0.15, 0.2) is 18.2 Å². The minimum atomic E-state index is -0.221. The number of phenols is 2. The molecule has 0 fully saturated rings. The van der Waals surface area contributed by atoms with Crippen LogP contribution in [0.25, 0.3) is 10.8 Å². The van der Waals surface area contributed by atoms with Gasteiger partial charge in [-0.3, -0.25) is 9.59 Å². The lowest BCUT2D eigenvalue weighted by Gasteiger charge is -2.26. The molecular formula is C24H32O4. The Bertz CT molecular complexity index is 882. The van der Waals surface area contributed by atoms with Gasteiger partial charge in [0.05, 0.1) is 6.42 Å². The van der Waals surface area contributed by atoms with Gasteiger partial charge in [0.2, 0.25) is 0 Å². The second-order valence-corrected chi connectivity index (χ2v) is 7.95. The minimum Gasteiger partial charge on any atom is -0.507 e. The lowest BCUT2D eigenvalue weighted by Crippen LogP contribution is -2.26. The molecule has 152 valence electrons. The molecule has 0 aromatic heterocycles. The first kappa shape index (κ1) is 21.9. The number of carbonyl (C=O) groups excluding carboxylic acids is 2. The van der Waals surface area contributed by atoms with E-state index in [1.807, 2.05) is 32.9 Å². The predicted octanol–water partition coefficient (Wildman–Crippen LogP) is 5.40. The molecule has 0 heterocycles. The Morgan fingerprint density at radius 2 is 1.79 bits per heavy atom. The van der Waals surface area contributed by atoms with Crippen molar-refractivity contribution in [1.29, 1.82) is 0 Å². The van der Waals surface area contributed by atoms with E-state index in [0.717, 1.165) is 24.0 Å². The molecular weight excluding hydrogens is 352 g/mol. The van der Waals surface area contributed by atoms with Crippen molar-refractivity contribution in [3.05, 3.63) is 34.9 Å². The zero-order chi connectivity index (χ0) is 21.0. The van der Waals surface area contributed by atoms with Gasteiger partial charge >= 0.3 is 0 Å². The van der Waals surface area contributed by atoms with E-state index in [1.165, 1.54) is 6.92 Å². The lowest BCUT2D eigenvalue weighted by atomic mass is 9.78. The Labute approximate surface area is 167 Å². The summed E-state index contributed by atoms with van der Waals surface area (Å²) < 4.78 is 0. The Morgan fingerprint density at radius 1 is 1.11 bits per heavy atom.